The molecule has 0 bridgehead atoms. The number of carbonyl (C=O) groups excluding carboxylic acids is 1. The van der Waals surface area contributed by atoms with Gasteiger partial charge in [-0.3, -0.25) is 9.69 Å². The van der Waals surface area contributed by atoms with Crippen molar-refractivity contribution in [2.24, 2.45) is 0 Å². The Morgan fingerprint density at radius 3 is 2.20 bits per heavy atom. The first-order chi connectivity index (χ1) is 11.8. The first kappa shape index (κ1) is 18.5. The van der Waals surface area contributed by atoms with E-state index in [4.69, 9.17) is 23.2 Å². The van der Waals surface area contributed by atoms with E-state index < -0.39 is 0 Å². The summed E-state index contributed by atoms with van der Waals surface area (Å²) >= 11 is 12.3. The van der Waals surface area contributed by atoms with Crippen molar-refractivity contribution in [1.82, 2.24) is 14.4 Å². The highest BCUT2D eigenvalue weighted by molar-refractivity contribution is 6.34. The number of halogens is 2. The third-order valence-corrected chi connectivity index (χ3v) is 5.24. The SMILES string of the molecule is Cc1cc(C(=O)CN2CCN(C)CC2)c(C)n1-c1cc(Cl)cc(Cl)c1. The average molecular weight is 380 g/mol. The average Bonchev–Trinajstić information content (AvgIpc) is 2.83. The topological polar surface area (TPSA) is 28.5 Å². The fraction of sp³-hybridized carbons (Fsp3) is 0.421. The van der Waals surface area contributed by atoms with Crippen LogP contribution >= 0.6 is 23.2 Å². The first-order valence-corrected chi connectivity index (χ1v) is 9.20. The monoisotopic (exact) mass is 379 g/mol. The van der Waals surface area contributed by atoms with Crippen molar-refractivity contribution in [2.45, 2.75) is 13.8 Å². The van der Waals surface area contributed by atoms with Crippen molar-refractivity contribution in [3.8, 4) is 5.69 Å². The highest BCUT2D eigenvalue weighted by Gasteiger charge is 2.21. The molecule has 0 unspecified atom stereocenters. The van der Waals surface area contributed by atoms with Gasteiger partial charge < -0.3 is 9.47 Å². The number of carbonyl (C=O) groups is 1. The van der Waals surface area contributed by atoms with E-state index >= 15 is 0 Å². The second kappa shape index (κ2) is 7.50. The Balaban J connectivity index is 1.85. The van der Waals surface area contributed by atoms with Crippen LogP contribution in [0.25, 0.3) is 5.69 Å². The van der Waals surface area contributed by atoms with Crippen molar-refractivity contribution < 1.29 is 4.79 Å². The molecule has 1 saturated heterocycles. The van der Waals surface area contributed by atoms with Crippen LogP contribution in [-0.4, -0.2) is 59.9 Å². The van der Waals surface area contributed by atoms with Crippen molar-refractivity contribution in [1.29, 1.82) is 0 Å². The fourth-order valence-corrected chi connectivity index (χ4v) is 3.92. The van der Waals surface area contributed by atoms with E-state index in [2.05, 4.69) is 16.8 Å². The molecular formula is C19H23Cl2N3O. The van der Waals surface area contributed by atoms with Gasteiger partial charge >= 0.3 is 0 Å². The molecule has 25 heavy (non-hydrogen) atoms. The van der Waals surface area contributed by atoms with E-state index in [0.717, 1.165) is 48.8 Å². The summed E-state index contributed by atoms with van der Waals surface area (Å²) in [6.45, 7) is 8.32. The molecule has 4 nitrogen and oxygen atoms in total. The van der Waals surface area contributed by atoms with E-state index in [9.17, 15) is 4.79 Å². The molecule has 1 aliphatic heterocycles. The van der Waals surface area contributed by atoms with E-state index in [0.29, 0.717) is 16.6 Å². The molecule has 0 saturated carbocycles. The van der Waals surface area contributed by atoms with Crippen LogP contribution in [0.1, 0.15) is 21.7 Å². The summed E-state index contributed by atoms with van der Waals surface area (Å²) in [4.78, 5) is 17.3. The summed E-state index contributed by atoms with van der Waals surface area (Å²) in [5.41, 5.74) is 3.58. The maximum atomic E-state index is 12.8. The zero-order valence-electron chi connectivity index (χ0n) is 14.9. The third-order valence-electron chi connectivity index (χ3n) is 4.80. The zero-order chi connectivity index (χ0) is 18.1. The van der Waals surface area contributed by atoms with Crippen LogP contribution < -0.4 is 0 Å². The van der Waals surface area contributed by atoms with E-state index in [1.54, 1.807) is 6.07 Å². The molecule has 0 N–H and O–H groups in total. The lowest BCUT2D eigenvalue weighted by Gasteiger charge is -2.31. The maximum absolute atomic E-state index is 12.8. The fourth-order valence-electron chi connectivity index (χ4n) is 3.41. The van der Waals surface area contributed by atoms with Crippen molar-refractivity contribution >= 4 is 29.0 Å². The van der Waals surface area contributed by atoms with Crippen LogP contribution in [0.15, 0.2) is 24.3 Å². The smallest absolute Gasteiger partial charge is 0.178 e. The minimum Gasteiger partial charge on any atom is -0.318 e. The summed E-state index contributed by atoms with van der Waals surface area (Å²) in [6, 6.07) is 7.40. The van der Waals surface area contributed by atoms with Crippen LogP contribution in [0.5, 0.6) is 0 Å². The molecule has 2 heterocycles. The molecule has 1 fully saturated rings. The molecule has 0 atom stereocenters. The van der Waals surface area contributed by atoms with Gasteiger partial charge in [0.15, 0.2) is 5.78 Å². The minimum absolute atomic E-state index is 0.164. The number of nitrogens with zero attached hydrogens (tertiary/aromatic N) is 3. The summed E-state index contributed by atoms with van der Waals surface area (Å²) < 4.78 is 2.04. The van der Waals surface area contributed by atoms with Crippen LogP contribution in [0.2, 0.25) is 10.0 Å². The number of Topliss-reactive ketones (excluding diaryl/α,β-unsaturated/α-hetero) is 1. The molecule has 0 spiro atoms. The normalized spacial score (nSPS) is 16.4. The highest BCUT2D eigenvalue weighted by Crippen LogP contribution is 2.26. The lowest BCUT2D eigenvalue weighted by molar-refractivity contribution is 0.0876. The molecule has 134 valence electrons. The Kier molecular flexibility index (Phi) is 5.54. The van der Waals surface area contributed by atoms with Gasteiger partial charge in [0, 0.05) is 58.9 Å². The predicted molar refractivity (Wildman–Crippen MR) is 104 cm³/mol. The van der Waals surface area contributed by atoms with Crippen LogP contribution in [0.3, 0.4) is 0 Å². The molecule has 1 aromatic heterocycles. The van der Waals surface area contributed by atoms with Crippen molar-refractivity contribution in [3.63, 3.8) is 0 Å². The second-order valence-electron chi connectivity index (χ2n) is 6.75. The Morgan fingerprint density at radius 1 is 1.00 bits per heavy atom. The Morgan fingerprint density at radius 2 is 1.60 bits per heavy atom. The Labute approximate surface area is 158 Å². The summed E-state index contributed by atoms with van der Waals surface area (Å²) in [5, 5.41) is 1.17. The van der Waals surface area contributed by atoms with E-state index in [-0.39, 0.29) is 5.78 Å². The van der Waals surface area contributed by atoms with Crippen molar-refractivity contribution in [3.05, 3.63) is 51.3 Å². The lowest BCUT2D eigenvalue weighted by Crippen LogP contribution is -2.46. The maximum Gasteiger partial charge on any atom is 0.178 e. The highest BCUT2D eigenvalue weighted by atomic mass is 35.5. The molecule has 1 aliphatic rings. The largest absolute Gasteiger partial charge is 0.318 e. The van der Waals surface area contributed by atoms with E-state index in [1.807, 2.05) is 36.6 Å². The minimum atomic E-state index is 0.164. The van der Waals surface area contributed by atoms with Crippen LogP contribution in [0, 0.1) is 13.8 Å². The van der Waals surface area contributed by atoms with Gasteiger partial charge in [-0.05, 0) is 45.2 Å². The number of piperazine rings is 1. The van der Waals surface area contributed by atoms with Gasteiger partial charge in [-0.1, -0.05) is 23.2 Å². The molecule has 0 amide bonds. The van der Waals surface area contributed by atoms with Crippen LogP contribution in [-0.2, 0) is 0 Å². The van der Waals surface area contributed by atoms with Gasteiger partial charge in [0.05, 0.1) is 6.54 Å². The van der Waals surface area contributed by atoms with E-state index in [1.165, 1.54) is 0 Å². The Bertz CT molecular complexity index is 772. The molecule has 1 aromatic carbocycles. The standard InChI is InChI=1S/C19H23Cl2N3O/c1-13-8-18(19(25)12-23-6-4-22(3)5-7-23)14(2)24(13)17-10-15(20)9-16(21)11-17/h8-11H,4-7,12H2,1-3H3. The Hall–Kier alpha value is -1.33. The third kappa shape index (κ3) is 4.09. The molecule has 6 heteroatoms. The van der Waals surface area contributed by atoms with Gasteiger partial charge in [-0.2, -0.15) is 0 Å². The van der Waals surface area contributed by atoms with Gasteiger partial charge in [-0.25, -0.2) is 0 Å². The zero-order valence-corrected chi connectivity index (χ0v) is 16.4. The number of hydrogen-bond donors (Lipinski definition) is 0. The van der Waals surface area contributed by atoms with Gasteiger partial charge in [0.25, 0.3) is 0 Å². The second-order valence-corrected chi connectivity index (χ2v) is 7.62. The number of rotatable bonds is 4. The number of likely N-dealkylation sites (N-methyl/N-ethyl adjacent to an activating group) is 1. The van der Waals surface area contributed by atoms with Gasteiger partial charge in [-0.15, -0.1) is 0 Å². The number of benzene rings is 1. The molecule has 0 radical (unpaired) electrons. The summed E-state index contributed by atoms with van der Waals surface area (Å²) in [6.07, 6.45) is 0. The van der Waals surface area contributed by atoms with Gasteiger partial charge in [0.2, 0.25) is 0 Å². The lowest BCUT2D eigenvalue weighted by atomic mass is 10.1. The number of aryl methyl sites for hydroxylation is 1. The number of ketones is 1. The van der Waals surface area contributed by atoms with Gasteiger partial charge in [0.1, 0.15) is 0 Å². The van der Waals surface area contributed by atoms with Crippen LogP contribution in [0.4, 0.5) is 0 Å². The summed E-state index contributed by atoms with van der Waals surface area (Å²) in [7, 11) is 2.11. The molecule has 0 aliphatic carbocycles. The summed E-state index contributed by atoms with van der Waals surface area (Å²) in [5.74, 6) is 0.164. The quantitative estimate of drug-likeness (QED) is 0.755. The first-order valence-electron chi connectivity index (χ1n) is 8.44. The number of hydrogen-bond acceptors (Lipinski definition) is 3. The number of aromatic nitrogens is 1. The molecule has 2 aromatic rings. The van der Waals surface area contributed by atoms with Crippen molar-refractivity contribution in [2.75, 3.05) is 39.8 Å². The predicted octanol–water partition coefficient (Wildman–Crippen LogP) is 3.83. The molecule has 3 rings (SSSR count). The molecular weight excluding hydrogens is 357 g/mol.